The lowest BCUT2D eigenvalue weighted by molar-refractivity contribution is 0.102. The number of nitrogens with zero attached hydrogens (tertiary/aromatic N) is 2. The van der Waals surface area contributed by atoms with Gasteiger partial charge in [-0.1, -0.05) is 12.1 Å². The van der Waals surface area contributed by atoms with Crippen LogP contribution in [0.5, 0.6) is 0 Å². The lowest BCUT2D eigenvalue weighted by Crippen LogP contribution is -2.12. The molecule has 6 heteroatoms. The summed E-state index contributed by atoms with van der Waals surface area (Å²) in [7, 11) is 0. The van der Waals surface area contributed by atoms with E-state index in [2.05, 4.69) is 25.5 Å². The van der Waals surface area contributed by atoms with Crippen LogP contribution in [0.2, 0.25) is 0 Å². The van der Waals surface area contributed by atoms with Gasteiger partial charge in [-0.05, 0) is 24.3 Å². The molecule has 0 unspecified atom stereocenters. The molecule has 102 valence electrons. The highest BCUT2D eigenvalue weighted by atomic mass is 16.1. The minimum atomic E-state index is -0.173. The van der Waals surface area contributed by atoms with Crippen LogP contribution in [-0.4, -0.2) is 26.1 Å². The molecule has 0 spiro atoms. The number of nitrogens with one attached hydrogen (secondary N) is 3. The predicted molar refractivity (Wildman–Crippen MR) is 80.1 cm³/mol. The average molecular weight is 277 g/mol. The highest BCUT2D eigenvalue weighted by Crippen LogP contribution is 2.21. The summed E-state index contributed by atoms with van der Waals surface area (Å²) in [5, 5.41) is 10.7. The zero-order valence-corrected chi connectivity index (χ0v) is 10.9. The van der Waals surface area contributed by atoms with Gasteiger partial charge in [0.15, 0.2) is 0 Å². The van der Waals surface area contributed by atoms with Crippen LogP contribution in [0, 0.1) is 0 Å². The average Bonchev–Trinajstić information content (AvgIpc) is 3.15. The van der Waals surface area contributed by atoms with Crippen LogP contribution in [0.15, 0.2) is 48.9 Å². The van der Waals surface area contributed by atoms with Gasteiger partial charge in [0.1, 0.15) is 0 Å². The molecule has 0 radical (unpaired) electrons. The van der Waals surface area contributed by atoms with Crippen LogP contribution in [0.25, 0.3) is 21.9 Å². The highest BCUT2D eigenvalue weighted by Gasteiger charge is 2.10. The van der Waals surface area contributed by atoms with E-state index >= 15 is 0 Å². The molecule has 0 saturated heterocycles. The van der Waals surface area contributed by atoms with E-state index in [-0.39, 0.29) is 5.91 Å². The van der Waals surface area contributed by atoms with E-state index in [0.29, 0.717) is 11.3 Å². The quantitative estimate of drug-likeness (QED) is 0.526. The molecule has 0 fully saturated rings. The molecule has 2 heterocycles. The van der Waals surface area contributed by atoms with Gasteiger partial charge in [0.2, 0.25) is 0 Å². The van der Waals surface area contributed by atoms with Crippen molar-refractivity contribution < 1.29 is 4.79 Å². The summed E-state index contributed by atoms with van der Waals surface area (Å²) in [4.78, 5) is 19.5. The number of carbonyl (C=O) groups is 1. The van der Waals surface area contributed by atoms with Gasteiger partial charge in [-0.3, -0.25) is 9.89 Å². The maximum atomic E-state index is 12.4. The highest BCUT2D eigenvalue weighted by molar-refractivity contribution is 6.09. The first-order valence-corrected chi connectivity index (χ1v) is 6.48. The van der Waals surface area contributed by atoms with E-state index in [1.807, 2.05) is 24.3 Å². The van der Waals surface area contributed by atoms with E-state index in [9.17, 15) is 4.79 Å². The van der Waals surface area contributed by atoms with E-state index in [0.717, 1.165) is 21.9 Å². The van der Waals surface area contributed by atoms with Gasteiger partial charge in [-0.15, -0.1) is 0 Å². The van der Waals surface area contributed by atoms with Crippen molar-refractivity contribution in [2.45, 2.75) is 0 Å². The number of rotatable bonds is 2. The second-order valence-electron chi connectivity index (χ2n) is 4.73. The molecule has 0 bridgehead atoms. The van der Waals surface area contributed by atoms with Gasteiger partial charge in [-0.2, -0.15) is 5.10 Å². The van der Waals surface area contributed by atoms with Gasteiger partial charge >= 0.3 is 0 Å². The minimum Gasteiger partial charge on any atom is -0.345 e. The largest absolute Gasteiger partial charge is 0.345 e. The molecule has 0 aliphatic heterocycles. The van der Waals surface area contributed by atoms with E-state index in [1.165, 1.54) is 0 Å². The van der Waals surface area contributed by atoms with Gasteiger partial charge in [0, 0.05) is 10.9 Å². The molecule has 0 atom stereocenters. The number of amides is 1. The molecule has 2 aromatic heterocycles. The number of hydrogen-bond donors (Lipinski definition) is 3. The molecular formula is C15H11N5O. The Morgan fingerprint density at radius 2 is 2.14 bits per heavy atom. The normalized spacial score (nSPS) is 11.0. The van der Waals surface area contributed by atoms with Crippen molar-refractivity contribution >= 4 is 33.5 Å². The van der Waals surface area contributed by atoms with E-state index in [1.54, 1.807) is 24.7 Å². The number of aromatic nitrogens is 4. The summed E-state index contributed by atoms with van der Waals surface area (Å²) < 4.78 is 0. The van der Waals surface area contributed by atoms with Gasteiger partial charge in [-0.25, -0.2) is 4.98 Å². The van der Waals surface area contributed by atoms with Crippen molar-refractivity contribution in [1.82, 2.24) is 20.2 Å². The Labute approximate surface area is 119 Å². The summed E-state index contributed by atoms with van der Waals surface area (Å²) in [5.41, 5.74) is 3.76. The Morgan fingerprint density at radius 3 is 3.10 bits per heavy atom. The van der Waals surface area contributed by atoms with Gasteiger partial charge in [0.25, 0.3) is 5.91 Å². The standard InChI is InChI=1S/C15H11N5O/c21-15(9-4-5-11-13(6-9)17-8-16-11)19-12-3-1-2-10-7-18-20-14(10)12/h1-8H,(H,16,17)(H,18,20)(H,19,21). The Balaban J connectivity index is 1.70. The molecule has 0 aliphatic rings. The minimum absolute atomic E-state index is 0.173. The monoisotopic (exact) mass is 277 g/mol. The lowest BCUT2D eigenvalue weighted by Gasteiger charge is -2.06. The molecular weight excluding hydrogens is 266 g/mol. The Hall–Kier alpha value is -3.15. The topological polar surface area (TPSA) is 86.5 Å². The molecule has 2 aromatic carbocycles. The number of hydrogen-bond acceptors (Lipinski definition) is 3. The second kappa shape index (κ2) is 4.45. The summed E-state index contributed by atoms with van der Waals surface area (Å²) in [6.07, 6.45) is 3.33. The lowest BCUT2D eigenvalue weighted by atomic mass is 10.1. The number of aromatic amines is 2. The maximum Gasteiger partial charge on any atom is 0.255 e. The third-order valence-electron chi connectivity index (χ3n) is 3.41. The molecule has 1 amide bonds. The van der Waals surface area contributed by atoms with E-state index < -0.39 is 0 Å². The fourth-order valence-electron chi connectivity index (χ4n) is 2.34. The smallest absolute Gasteiger partial charge is 0.255 e. The first kappa shape index (κ1) is 11.7. The number of H-pyrrole nitrogens is 2. The number of para-hydroxylation sites is 1. The third kappa shape index (κ3) is 1.93. The molecule has 6 nitrogen and oxygen atoms in total. The Morgan fingerprint density at radius 1 is 1.19 bits per heavy atom. The van der Waals surface area contributed by atoms with Crippen molar-refractivity contribution in [3.05, 3.63) is 54.5 Å². The Kier molecular flexibility index (Phi) is 2.47. The summed E-state index contributed by atoms with van der Waals surface area (Å²) in [6.45, 7) is 0. The number of anilines is 1. The zero-order chi connectivity index (χ0) is 14.2. The fraction of sp³-hybridized carbons (Fsp3) is 0. The predicted octanol–water partition coefficient (Wildman–Crippen LogP) is 2.69. The molecule has 4 aromatic rings. The van der Waals surface area contributed by atoms with Gasteiger partial charge < -0.3 is 10.3 Å². The van der Waals surface area contributed by atoms with Crippen LogP contribution in [0.4, 0.5) is 5.69 Å². The maximum absolute atomic E-state index is 12.4. The second-order valence-corrected chi connectivity index (χ2v) is 4.73. The first-order valence-electron chi connectivity index (χ1n) is 6.48. The van der Waals surface area contributed by atoms with Crippen LogP contribution < -0.4 is 5.32 Å². The number of carbonyl (C=O) groups excluding carboxylic acids is 1. The molecule has 3 N–H and O–H groups in total. The van der Waals surface area contributed by atoms with Crippen molar-refractivity contribution in [3.8, 4) is 0 Å². The molecule has 4 rings (SSSR count). The number of benzene rings is 2. The fourth-order valence-corrected chi connectivity index (χ4v) is 2.34. The van der Waals surface area contributed by atoms with Crippen LogP contribution in [0.1, 0.15) is 10.4 Å². The number of fused-ring (bicyclic) bond motifs is 2. The first-order chi connectivity index (χ1) is 10.3. The van der Waals surface area contributed by atoms with Crippen molar-refractivity contribution in [2.75, 3.05) is 5.32 Å². The summed E-state index contributed by atoms with van der Waals surface area (Å²) in [5.74, 6) is -0.173. The summed E-state index contributed by atoms with van der Waals surface area (Å²) in [6, 6.07) is 11.0. The summed E-state index contributed by atoms with van der Waals surface area (Å²) >= 11 is 0. The zero-order valence-electron chi connectivity index (χ0n) is 10.9. The van der Waals surface area contributed by atoms with Crippen molar-refractivity contribution in [2.24, 2.45) is 0 Å². The van der Waals surface area contributed by atoms with Crippen LogP contribution >= 0.6 is 0 Å². The SMILES string of the molecule is O=C(Nc1cccc2cn[nH]c12)c1ccc2nc[nH]c2c1. The van der Waals surface area contributed by atoms with Crippen LogP contribution in [-0.2, 0) is 0 Å². The molecule has 0 aliphatic carbocycles. The third-order valence-corrected chi connectivity index (χ3v) is 3.41. The molecule has 0 saturated carbocycles. The Bertz CT molecular complexity index is 953. The van der Waals surface area contributed by atoms with Gasteiger partial charge in [0.05, 0.1) is 34.8 Å². The van der Waals surface area contributed by atoms with Crippen molar-refractivity contribution in [3.63, 3.8) is 0 Å². The van der Waals surface area contributed by atoms with E-state index in [4.69, 9.17) is 0 Å². The number of imidazole rings is 1. The molecule has 21 heavy (non-hydrogen) atoms. The van der Waals surface area contributed by atoms with Crippen LogP contribution in [0.3, 0.4) is 0 Å². The van der Waals surface area contributed by atoms with Crippen molar-refractivity contribution in [1.29, 1.82) is 0 Å².